The van der Waals surface area contributed by atoms with Crippen molar-refractivity contribution in [1.29, 1.82) is 0 Å². The predicted octanol–water partition coefficient (Wildman–Crippen LogP) is 3.20. The smallest absolute Gasteiger partial charge is 0.276 e. The number of allylic oxidation sites excluding steroid dienone is 3. The highest BCUT2D eigenvalue weighted by Gasteiger charge is 2.15. The first kappa shape index (κ1) is 20.9. The lowest BCUT2D eigenvalue weighted by molar-refractivity contribution is 0.102. The number of aromatic nitrogens is 3. The first-order valence-corrected chi connectivity index (χ1v) is 10.7. The normalized spacial score (nSPS) is 12.3. The molecule has 0 aliphatic heterocycles. The molecule has 0 radical (unpaired) electrons. The van der Waals surface area contributed by atoms with Crippen molar-refractivity contribution < 1.29 is 13.2 Å². The highest BCUT2D eigenvalue weighted by Crippen LogP contribution is 2.23. The van der Waals surface area contributed by atoms with Crippen LogP contribution in [0.5, 0.6) is 0 Å². The Morgan fingerprint density at radius 2 is 2.07 bits per heavy atom. The summed E-state index contributed by atoms with van der Waals surface area (Å²) in [4.78, 5) is 20.4. The molecule has 0 aliphatic rings. The van der Waals surface area contributed by atoms with Gasteiger partial charge in [0.15, 0.2) is 5.69 Å². The molecule has 2 heterocycles. The van der Waals surface area contributed by atoms with Gasteiger partial charge in [0.25, 0.3) is 5.91 Å². The number of fused-ring (bicyclic) bond motifs is 1. The van der Waals surface area contributed by atoms with E-state index in [1.165, 1.54) is 12.3 Å². The van der Waals surface area contributed by atoms with E-state index in [0.29, 0.717) is 11.1 Å². The zero-order valence-electron chi connectivity index (χ0n) is 16.4. The minimum absolute atomic E-state index is 0.160. The Morgan fingerprint density at radius 1 is 1.27 bits per heavy atom. The molecular formula is C20H20N6O3S. The first-order valence-electron chi connectivity index (χ1n) is 8.80. The van der Waals surface area contributed by atoms with E-state index in [4.69, 9.17) is 0 Å². The topological polar surface area (TPSA) is 129 Å². The van der Waals surface area contributed by atoms with Gasteiger partial charge in [0.2, 0.25) is 10.0 Å². The number of nitrogens with one attached hydrogen (secondary N) is 3. The van der Waals surface area contributed by atoms with Crippen molar-refractivity contribution in [1.82, 2.24) is 15.2 Å². The number of anilines is 2. The maximum atomic E-state index is 12.7. The van der Waals surface area contributed by atoms with Gasteiger partial charge in [-0.1, -0.05) is 12.1 Å². The fourth-order valence-electron chi connectivity index (χ4n) is 2.69. The van der Waals surface area contributed by atoms with Crippen molar-refractivity contribution in [3.05, 3.63) is 66.1 Å². The second-order valence-corrected chi connectivity index (χ2v) is 8.22. The highest BCUT2D eigenvalue weighted by molar-refractivity contribution is 7.92. The monoisotopic (exact) mass is 424 g/mol. The second kappa shape index (κ2) is 8.70. The van der Waals surface area contributed by atoms with E-state index in [-0.39, 0.29) is 11.5 Å². The summed E-state index contributed by atoms with van der Waals surface area (Å²) in [6, 6.07) is 8.67. The van der Waals surface area contributed by atoms with Gasteiger partial charge in [-0.3, -0.25) is 19.6 Å². The van der Waals surface area contributed by atoms with E-state index in [9.17, 15) is 13.2 Å². The summed E-state index contributed by atoms with van der Waals surface area (Å²) in [5.74, 6) is -0.255. The number of amides is 1. The van der Waals surface area contributed by atoms with Gasteiger partial charge in [0.1, 0.15) is 5.82 Å². The van der Waals surface area contributed by atoms with Gasteiger partial charge in [-0.05, 0) is 55.1 Å². The van der Waals surface area contributed by atoms with Crippen LogP contribution in [0.15, 0.2) is 59.9 Å². The van der Waals surface area contributed by atoms with Crippen LogP contribution < -0.4 is 10.0 Å². The number of carbonyl (C=O) groups excluding carboxylic acids is 1. The molecule has 0 fully saturated rings. The molecule has 0 spiro atoms. The number of H-pyrrole nitrogens is 1. The number of aliphatic imine (C=N–C) groups is 1. The number of aromatic amines is 1. The zero-order valence-corrected chi connectivity index (χ0v) is 17.2. The Kier molecular flexibility index (Phi) is 6.07. The predicted molar refractivity (Wildman–Crippen MR) is 119 cm³/mol. The first-order chi connectivity index (χ1) is 14.3. The second-order valence-electron chi connectivity index (χ2n) is 6.47. The summed E-state index contributed by atoms with van der Waals surface area (Å²) < 4.78 is 24.7. The summed E-state index contributed by atoms with van der Waals surface area (Å²) in [7, 11) is -3.42. The van der Waals surface area contributed by atoms with Crippen LogP contribution in [-0.4, -0.2) is 42.5 Å². The van der Waals surface area contributed by atoms with Gasteiger partial charge in [-0.15, -0.1) is 0 Å². The van der Waals surface area contributed by atoms with Crippen LogP contribution in [0.3, 0.4) is 0 Å². The minimum atomic E-state index is -3.42. The van der Waals surface area contributed by atoms with E-state index in [0.717, 1.165) is 22.9 Å². The molecule has 3 rings (SSSR count). The molecule has 1 amide bonds. The van der Waals surface area contributed by atoms with Gasteiger partial charge >= 0.3 is 0 Å². The van der Waals surface area contributed by atoms with E-state index >= 15 is 0 Å². The molecule has 0 unspecified atom stereocenters. The molecule has 0 saturated carbocycles. The Hall–Kier alpha value is -3.79. The summed E-state index contributed by atoms with van der Waals surface area (Å²) >= 11 is 0. The summed E-state index contributed by atoms with van der Waals surface area (Å²) in [6.07, 6.45) is 7.66. The van der Waals surface area contributed by atoms with Crippen LogP contribution in [0.2, 0.25) is 0 Å². The van der Waals surface area contributed by atoms with Crippen LogP contribution in [0.4, 0.5) is 11.5 Å². The van der Waals surface area contributed by atoms with Crippen LogP contribution in [0.25, 0.3) is 16.5 Å². The lowest BCUT2D eigenvalue weighted by atomic mass is 10.0. The molecule has 2 aromatic heterocycles. The number of benzene rings is 1. The number of carbonyl (C=O) groups is 1. The standard InChI is InChI=1S/C20H20N6O3S/c1-13(5-4-10-21-2)14-6-8-17-16(11-14)19(25-24-17)20(27)23-15-7-9-18(22-12-15)26-30(3,28)29/h4-12H,2H2,1,3H3,(H,22,26)(H,23,27)(H,24,25)/b10-4-,13-5+. The Bertz CT molecular complexity index is 1260. The van der Waals surface area contributed by atoms with Gasteiger partial charge < -0.3 is 5.32 Å². The third kappa shape index (κ3) is 5.17. The molecule has 154 valence electrons. The fourth-order valence-corrected chi connectivity index (χ4v) is 3.19. The van der Waals surface area contributed by atoms with Gasteiger partial charge in [-0.25, -0.2) is 13.4 Å². The highest BCUT2D eigenvalue weighted by atomic mass is 32.2. The third-order valence-electron chi connectivity index (χ3n) is 4.08. The minimum Gasteiger partial charge on any atom is -0.319 e. The quantitative estimate of drug-likeness (QED) is 0.396. The molecule has 0 bridgehead atoms. The largest absolute Gasteiger partial charge is 0.319 e. The van der Waals surface area contributed by atoms with E-state index in [1.54, 1.807) is 18.3 Å². The molecule has 3 aromatic rings. The van der Waals surface area contributed by atoms with E-state index in [1.807, 2.05) is 31.2 Å². The van der Waals surface area contributed by atoms with Crippen LogP contribution in [-0.2, 0) is 10.0 Å². The SMILES string of the molecule is C=N/C=C\C=C(/C)c1ccc2[nH]nc(C(=O)Nc3ccc(NS(C)(=O)=O)nc3)c2c1. The maximum absolute atomic E-state index is 12.7. The van der Waals surface area contributed by atoms with Gasteiger partial charge in [-0.2, -0.15) is 5.10 Å². The number of pyridine rings is 1. The molecule has 0 atom stereocenters. The molecule has 9 nitrogen and oxygen atoms in total. The average molecular weight is 424 g/mol. The Balaban J connectivity index is 1.83. The van der Waals surface area contributed by atoms with Gasteiger partial charge in [0.05, 0.1) is 23.7 Å². The number of hydrogen-bond acceptors (Lipinski definition) is 6. The van der Waals surface area contributed by atoms with Crippen LogP contribution in [0, 0.1) is 0 Å². The van der Waals surface area contributed by atoms with Crippen molar-refractivity contribution >= 4 is 50.6 Å². The number of rotatable bonds is 7. The van der Waals surface area contributed by atoms with Crippen LogP contribution >= 0.6 is 0 Å². The summed E-state index contributed by atoms with van der Waals surface area (Å²) in [5, 5.41) is 10.4. The average Bonchev–Trinajstić information content (AvgIpc) is 3.12. The third-order valence-corrected chi connectivity index (χ3v) is 4.66. The molecule has 1 aromatic carbocycles. The van der Waals surface area contributed by atoms with E-state index < -0.39 is 15.9 Å². The van der Waals surface area contributed by atoms with Gasteiger partial charge in [0, 0.05) is 11.6 Å². The van der Waals surface area contributed by atoms with E-state index in [2.05, 4.69) is 36.9 Å². The van der Waals surface area contributed by atoms with Crippen molar-refractivity contribution in [3.8, 4) is 0 Å². The van der Waals surface area contributed by atoms with Crippen molar-refractivity contribution in [3.63, 3.8) is 0 Å². The molecule has 3 N–H and O–H groups in total. The number of nitrogens with zero attached hydrogens (tertiary/aromatic N) is 3. The molecular weight excluding hydrogens is 404 g/mol. The number of sulfonamides is 1. The summed E-state index contributed by atoms with van der Waals surface area (Å²) in [5.41, 5.74) is 3.30. The lowest BCUT2D eigenvalue weighted by Gasteiger charge is -2.06. The molecule has 10 heteroatoms. The maximum Gasteiger partial charge on any atom is 0.276 e. The van der Waals surface area contributed by atoms with Crippen molar-refractivity contribution in [2.75, 3.05) is 16.3 Å². The lowest BCUT2D eigenvalue weighted by Crippen LogP contribution is -2.14. The fraction of sp³-hybridized carbons (Fsp3) is 0.100. The summed E-state index contributed by atoms with van der Waals surface area (Å²) in [6.45, 7) is 5.34. The Morgan fingerprint density at radius 3 is 2.73 bits per heavy atom. The molecule has 0 saturated heterocycles. The zero-order chi connectivity index (χ0) is 21.7. The Labute approximate surface area is 173 Å². The van der Waals surface area contributed by atoms with Crippen molar-refractivity contribution in [2.24, 2.45) is 4.99 Å². The molecule has 0 aliphatic carbocycles. The number of hydrogen-bond donors (Lipinski definition) is 3. The van der Waals surface area contributed by atoms with Crippen LogP contribution in [0.1, 0.15) is 23.0 Å². The van der Waals surface area contributed by atoms with Crippen molar-refractivity contribution in [2.45, 2.75) is 6.92 Å². The molecule has 30 heavy (non-hydrogen) atoms.